The molecule has 0 aliphatic rings. The van der Waals surface area contributed by atoms with Crippen molar-refractivity contribution < 1.29 is 9.59 Å². The molecule has 6 heteroatoms. The van der Waals surface area contributed by atoms with Crippen LogP contribution in [-0.2, 0) is 22.6 Å². The zero-order valence-electron chi connectivity index (χ0n) is 12.0. The van der Waals surface area contributed by atoms with Crippen LogP contribution in [0.4, 0.5) is 0 Å². The molecule has 0 unspecified atom stereocenters. The first-order valence-electron chi connectivity index (χ1n) is 6.59. The largest absolute Gasteiger partial charge is 0.358 e. The van der Waals surface area contributed by atoms with Crippen molar-refractivity contribution in [3.63, 3.8) is 0 Å². The Morgan fingerprint density at radius 3 is 2.40 bits per heavy atom. The summed E-state index contributed by atoms with van der Waals surface area (Å²) >= 11 is 0. The minimum Gasteiger partial charge on any atom is -0.358 e. The molecule has 0 heterocycles. The van der Waals surface area contributed by atoms with Crippen molar-refractivity contribution in [1.29, 1.82) is 0 Å². The van der Waals surface area contributed by atoms with Gasteiger partial charge in [0.25, 0.3) is 0 Å². The Labute approximate surface area is 119 Å². The first-order valence-corrected chi connectivity index (χ1v) is 6.59. The molecule has 1 aromatic carbocycles. The molecular weight excluding hydrogens is 256 g/mol. The summed E-state index contributed by atoms with van der Waals surface area (Å²) < 4.78 is 0. The molecule has 0 radical (unpaired) electrons. The van der Waals surface area contributed by atoms with Crippen LogP contribution in [0.5, 0.6) is 0 Å². The highest BCUT2D eigenvalue weighted by atomic mass is 16.2. The third kappa shape index (κ3) is 4.99. The van der Waals surface area contributed by atoms with Crippen LogP contribution in [0.15, 0.2) is 24.3 Å². The van der Waals surface area contributed by atoms with Crippen molar-refractivity contribution >= 4 is 11.8 Å². The third-order valence-corrected chi connectivity index (χ3v) is 3.12. The van der Waals surface area contributed by atoms with Gasteiger partial charge in [0.15, 0.2) is 0 Å². The predicted octanol–water partition coefficient (Wildman–Crippen LogP) is -0.213. The zero-order chi connectivity index (χ0) is 15.0. The molecule has 20 heavy (non-hydrogen) atoms. The van der Waals surface area contributed by atoms with Crippen molar-refractivity contribution in [3.05, 3.63) is 35.4 Å². The van der Waals surface area contributed by atoms with Crippen LogP contribution in [0.2, 0.25) is 0 Å². The highest BCUT2D eigenvalue weighted by molar-refractivity contribution is 5.78. The lowest BCUT2D eigenvalue weighted by molar-refractivity contribution is -0.122. The topological polar surface area (TPSA) is 87.5 Å². The Hall–Kier alpha value is -1.92. The van der Waals surface area contributed by atoms with Gasteiger partial charge in [0, 0.05) is 13.6 Å². The fourth-order valence-electron chi connectivity index (χ4n) is 1.91. The summed E-state index contributed by atoms with van der Waals surface area (Å²) in [4.78, 5) is 24.9. The van der Waals surface area contributed by atoms with E-state index in [2.05, 4.69) is 10.7 Å². The average Bonchev–Trinajstić information content (AvgIpc) is 2.47. The second-order valence-corrected chi connectivity index (χ2v) is 4.49. The van der Waals surface area contributed by atoms with Crippen molar-refractivity contribution in [2.45, 2.75) is 19.9 Å². The van der Waals surface area contributed by atoms with Crippen LogP contribution in [0.3, 0.4) is 0 Å². The summed E-state index contributed by atoms with van der Waals surface area (Å²) in [5.41, 5.74) is 4.08. The van der Waals surface area contributed by atoms with E-state index >= 15 is 0 Å². The van der Waals surface area contributed by atoms with Crippen molar-refractivity contribution in [2.75, 3.05) is 20.1 Å². The molecule has 0 aromatic heterocycles. The lowest BCUT2D eigenvalue weighted by atomic mass is 10.0. The Kier molecular flexibility index (Phi) is 6.69. The molecule has 0 saturated carbocycles. The van der Waals surface area contributed by atoms with E-state index in [1.165, 1.54) is 0 Å². The summed E-state index contributed by atoms with van der Waals surface area (Å²) in [5.74, 6) is 4.86. The molecule has 0 aliphatic carbocycles. The number of amides is 2. The Bertz CT molecular complexity index is 462. The Balaban J connectivity index is 2.79. The van der Waals surface area contributed by atoms with Crippen LogP contribution in [0, 0.1) is 0 Å². The van der Waals surface area contributed by atoms with Crippen LogP contribution < -0.4 is 16.6 Å². The van der Waals surface area contributed by atoms with Crippen molar-refractivity contribution in [1.82, 2.24) is 15.6 Å². The summed E-state index contributed by atoms with van der Waals surface area (Å²) in [6.45, 7) is 3.71. The molecule has 1 aromatic rings. The number of hydrogen-bond donors (Lipinski definition) is 3. The molecule has 2 amide bonds. The zero-order valence-corrected chi connectivity index (χ0v) is 12.0. The number of carbonyl (C=O) groups is 2. The Morgan fingerprint density at radius 1 is 1.20 bits per heavy atom. The normalized spacial score (nSPS) is 10.4. The number of nitrogens with zero attached hydrogens (tertiary/aromatic N) is 1. The van der Waals surface area contributed by atoms with E-state index in [9.17, 15) is 9.59 Å². The van der Waals surface area contributed by atoms with E-state index in [4.69, 9.17) is 5.84 Å². The fourth-order valence-corrected chi connectivity index (χ4v) is 1.91. The van der Waals surface area contributed by atoms with E-state index in [1.54, 1.807) is 7.05 Å². The summed E-state index contributed by atoms with van der Waals surface area (Å²) in [6, 6.07) is 7.68. The van der Waals surface area contributed by atoms with Crippen LogP contribution in [0.1, 0.15) is 18.1 Å². The molecule has 110 valence electrons. The molecular formula is C14H22N4O2. The lowest BCUT2D eigenvalue weighted by Gasteiger charge is -2.21. The average molecular weight is 278 g/mol. The first-order chi connectivity index (χ1) is 9.60. The number of hydrogen-bond acceptors (Lipinski definition) is 4. The molecule has 0 atom stereocenters. The van der Waals surface area contributed by atoms with Crippen LogP contribution in [0.25, 0.3) is 0 Å². The van der Waals surface area contributed by atoms with Gasteiger partial charge in [0.05, 0.1) is 13.0 Å². The minimum atomic E-state index is -0.230. The van der Waals surface area contributed by atoms with E-state index in [1.807, 2.05) is 36.1 Å². The molecule has 6 nitrogen and oxygen atoms in total. The molecule has 0 spiro atoms. The SMILES string of the molecule is CCN(CC(=O)NC)Cc1ccccc1CC(=O)NN. The number of likely N-dealkylation sites (N-methyl/N-ethyl adjacent to an activating group) is 2. The summed E-state index contributed by atoms with van der Waals surface area (Å²) in [5, 5.41) is 2.61. The quantitative estimate of drug-likeness (QED) is 0.366. The third-order valence-electron chi connectivity index (χ3n) is 3.12. The molecule has 0 saturated heterocycles. The molecule has 0 fully saturated rings. The highest BCUT2D eigenvalue weighted by Gasteiger charge is 2.12. The van der Waals surface area contributed by atoms with Gasteiger partial charge in [-0.1, -0.05) is 31.2 Å². The maximum absolute atomic E-state index is 11.4. The van der Waals surface area contributed by atoms with Gasteiger partial charge < -0.3 is 5.32 Å². The van der Waals surface area contributed by atoms with Gasteiger partial charge in [-0.2, -0.15) is 0 Å². The standard InChI is InChI=1S/C14H22N4O2/c1-3-18(10-14(20)16-2)9-12-7-5-4-6-11(12)8-13(19)17-15/h4-7H,3,8-10,15H2,1-2H3,(H,16,20)(H,17,19). The summed E-state index contributed by atoms with van der Waals surface area (Å²) in [7, 11) is 1.62. The van der Waals surface area contributed by atoms with Crippen LogP contribution in [-0.4, -0.2) is 36.9 Å². The summed E-state index contributed by atoms with van der Waals surface area (Å²) in [6.07, 6.45) is 0.240. The molecule has 0 bridgehead atoms. The number of rotatable bonds is 7. The second-order valence-electron chi connectivity index (χ2n) is 4.49. The van der Waals surface area contributed by atoms with Crippen molar-refractivity contribution in [2.24, 2.45) is 5.84 Å². The van der Waals surface area contributed by atoms with Gasteiger partial charge in [-0.15, -0.1) is 0 Å². The van der Waals surface area contributed by atoms with Gasteiger partial charge in [-0.05, 0) is 17.7 Å². The first kappa shape index (κ1) is 16.1. The van der Waals surface area contributed by atoms with Crippen LogP contribution >= 0.6 is 0 Å². The minimum absolute atomic E-state index is 0.0240. The van der Waals surface area contributed by atoms with E-state index in [0.717, 1.165) is 17.7 Å². The Morgan fingerprint density at radius 2 is 1.85 bits per heavy atom. The van der Waals surface area contributed by atoms with Gasteiger partial charge in [0.1, 0.15) is 0 Å². The second kappa shape index (κ2) is 8.29. The van der Waals surface area contributed by atoms with E-state index in [0.29, 0.717) is 13.1 Å². The van der Waals surface area contributed by atoms with E-state index < -0.39 is 0 Å². The lowest BCUT2D eigenvalue weighted by Crippen LogP contribution is -2.35. The molecule has 4 N–H and O–H groups in total. The van der Waals surface area contributed by atoms with E-state index in [-0.39, 0.29) is 18.2 Å². The van der Waals surface area contributed by atoms with Gasteiger partial charge >= 0.3 is 0 Å². The van der Waals surface area contributed by atoms with Gasteiger partial charge in [0.2, 0.25) is 11.8 Å². The number of carbonyl (C=O) groups excluding carboxylic acids is 2. The maximum atomic E-state index is 11.4. The van der Waals surface area contributed by atoms with Gasteiger partial charge in [-0.25, -0.2) is 5.84 Å². The predicted molar refractivity (Wildman–Crippen MR) is 77.5 cm³/mol. The van der Waals surface area contributed by atoms with Gasteiger partial charge in [-0.3, -0.25) is 19.9 Å². The number of nitrogens with one attached hydrogen (secondary N) is 2. The number of hydrazine groups is 1. The molecule has 1 rings (SSSR count). The number of benzene rings is 1. The number of nitrogens with two attached hydrogens (primary N) is 1. The molecule has 0 aliphatic heterocycles. The van der Waals surface area contributed by atoms with Crippen molar-refractivity contribution in [3.8, 4) is 0 Å². The highest BCUT2D eigenvalue weighted by Crippen LogP contribution is 2.12. The maximum Gasteiger partial charge on any atom is 0.238 e. The monoisotopic (exact) mass is 278 g/mol. The smallest absolute Gasteiger partial charge is 0.238 e. The fraction of sp³-hybridized carbons (Fsp3) is 0.429.